The van der Waals surface area contributed by atoms with Crippen molar-refractivity contribution >= 4 is 22.4 Å². The maximum atomic E-state index is 10.8. The van der Waals surface area contributed by atoms with Crippen LogP contribution >= 0.6 is 0 Å². The molecular weight excluding hydrogens is 801 g/mol. The standard InChI is InChI=1S/C62H40N4/c63-39-50-37-45(44-21-12-25-49(36-44)62-65-60(42-17-5-2-6-18-42)64-61(66-62)48-24-11-20-43(35-48)40-15-3-1-4-16-40)32-33-52(50)54-27-8-7-26-51(54)46-22-13-23-47(38-46)53-34-31-41-19-14-30-56-55-28-9-10-29-57(55)59(53)58(41)56/h1-38,62H,(H,64,65,66). The van der Waals surface area contributed by atoms with Crippen LogP contribution in [0.5, 0.6) is 0 Å². The number of benzene rings is 10. The van der Waals surface area contributed by atoms with Crippen LogP contribution in [0.3, 0.4) is 0 Å². The first-order chi connectivity index (χ1) is 32.7. The molecule has 1 heterocycles. The lowest BCUT2D eigenvalue weighted by molar-refractivity contribution is 0.674. The van der Waals surface area contributed by atoms with Crippen molar-refractivity contribution in [3.63, 3.8) is 0 Å². The zero-order chi connectivity index (χ0) is 44.0. The summed E-state index contributed by atoms with van der Waals surface area (Å²) in [6, 6.07) is 83.4. The second-order valence-corrected chi connectivity index (χ2v) is 16.8. The summed E-state index contributed by atoms with van der Waals surface area (Å²) in [7, 11) is 0. The summed E-state index contributed by atoms with van der Waals surface area (Å²) in [5, 5.41) is 17.0. The van der Waals surface area contributed by atoms with Crippen LogP contribution < -0.4 is 5.32 Å². The van der Waals surface area contributed by atoms with Crippen molar-refractivity contribution in [2.75, 3.05) is 0 Å². The highest BCUT2D eigenvalue weighted by Crippen LogP contribution is 2.51. The Bertz CT molecular complexity index is 3630. The van der Waals surface area contributed by atoms with Gasteiger partial charge in [0.1, 0.15) is 12.0 Å². The van der Waals surface area contributed by atoms with Crippen molar-refractivity contribution in [2.45, 2.75) is 6.17 Å². The topological polar surface area (TPSA) is 60.5 Å². The summed E-state index contributed by atoms with van der Waals surface area (Å²) in [4.78, 5) is 10.2. The van der Waals surface area contributed by atoms with Gasteiger partial charge >= 0.3 is 0 Å². The Hall–Kier alpha value is -8.91. The average Bonchev–Trinajstić information content (AvgIpc) is 3.74. The molecule has 308 valence electrons. The first kappa shape index (κ1) is 38.7. The van der Waals surface area contributed by atoms with Crippen molar-refractivity contribution in [3.8, 4) is 84.0 Å². The number of rotatable bonds is 8. The number of nitrogens with zero attached hydrogens (tertiary/aromatic N) is 3. The summed E-state index contributed by atoms with van der Waals surface area (Å²) in [6.45, 7) is 0. The van der Waals surface area contributed by atoms with Gasteiger partial charge in [0.05, 0.1) is 11.6 Å². The van der Waals surface area contributed by atoms with Crippen molar-refractivity contribution in [2.24, 2.45) is 9.98 Å². The van der Waals surface area contributed by atoms with Crippen molar-refractivity contribution in [1.29, 1.82) is 5.26 Å². The van der Waals surface area contributed by atoms with E-state index in [0.717, 1.165) is 72.6 Å². The molecule has 0 spiro atoms. The molecule has 0 fully saturated rings. The number of fused-ring (bicyclic) bond motifs is 3. The number of nitriles is 1. The normalized spacial score (nSPS) is 13.6. The largest absolute Gasteiger partial charge is 0.344 e. The first-order valence-corrected chi connectivity index (χ1v) is 22.3. The molecule has 2 aliphatic rings. The Labute approximate surface area is 384 Å². The van der Waals surface area contributed by atoms with Gasteiger partial charge in [-0.05, 0) is 113 Å². The molecule has 4 heteroatoms. The number of nitrogens with one attached hydrogen (secondary N) is 1. The molecule has 1 N–H and O–H groups in total. The second kappa shape index (κ2) is 16.3. The number of hydrogen-bond acceptors (Lipinski definition) is 4. The zero-order valence-corrected chi connectivity index (χ0v) is 35.9. The molecule has 10 aromatic carbocycles. The third-order valence-corrected chi connectivity index (χ3v) is 12.9. The molecule has 1 unspecified atom stereocenters. The molecule has 0 saturated carbocycles. The maximum Gasteiger partial charge on any atom is 0.159 e. The van der Waals surface area contributed by atoms with Crippen LogP contribution in [0.4, 0.5) is 0 Å². The van der Waals surface area contributed by atoms with E-state index in [-0.39, 0.29) is 0 Å². The molecular formula is C62H40N4. The van der Waals surface area contributed by atoms with E-state index >= 15 is 0 Å². The molecule has 12 rings (SSSR count). The Morgan fingerprint density at radius 1 is 0.379 bits per heavy atom. The molecule has 1 atom stereocenters. The predicted octanol–water partition coefficient (Wildman–Crippen LogP) is 15.2. The van der Waals surface area contributed by atoms with Gasteiger partial charge in [0.15, 0.2) is 5.84 Å². The number of amidine groups is 2. The summed E-state index contributed by atoms with van der Waals surface area (Å²) >= 11 is 0. The molecule has 4 nitrogen and oxygen atoms in total. The van der Waals surface area contributed by atoms with Crippen molar-refractivity contribution < 1.29 is 0 Å². The summed E-state index contributed by atoms with van der Waals surface area (Å²) in [5.41, 5.74) is 19.4. The lowest BCUT2D eigenvalue weighted by atomic mass is 9.88. The fourth-order valence-corrected chi connectivity index (χ4v) is 9.78. The van der Waals surface area contributed by atoms with E-state index < -0.39 is 6.17 Å². The van der Waals surface area contributed by atoms with E-state index in [9.17, 15) is 5.26 Å². The van der Waals surface area contributed by atoms with Crippen LogP contribution in [0.1, 0.15) is 28.4 Å². The van der Waals surface area contributed by atoms with Crippen LogP contribution in [0, 0.1) is 11.3 Å². The highest BCUT2D eigenvalue weighted by atomic mass is 15.2. The number of hydrogen-bond donors (Lipinski definition) is 1. The minimum Gasteiger partial charge on any atom is -0.344 e. The van der Waals surface area contributed by atoms with Gasteiger partial charge in [-0.2, -0.15) is 5.26 Å². The fraction of sp³-hybridized carbons (Fsp3) is 0.0161. The van der Waals surface area contributed by atoms with Gasteiger partial charge in [-0.1, -0.05) is 206 Å². The van der Waals surface area contributed by atoms with Gasteiger partial charge in [-0.3, -0.25) is 0 Å². The number of aliphatic imine (C=N–C) groups is 2. The van der Waals surface area contributed by atoms with E-state index in [4.69, 9.17) is 9.98 Å². The Balaban J connectivity index is 0.882. The molecule has 1 aliphatic carbocycles. The molecule has 0 radical (unpaired) electrons. The highest BCUT2D eigenvalue weighted by Gasteiger charge is 2.25. The van der Waals surface area contributed by atoms with E-state index in [1.165, 1.54) is 38.6 Å². The van der Waals surface area contributed by atoms with Crippen molar-refractivity contribution in [3.05, 3.63) is 253 Å². The molecule has 1 aliphatic heterocycles. The van der Waals surface area contributed by atoms with E-state index in [0.29, 0.717) is 11.4 Å². The Morgan fingerprint density at radius 3 is 1.70 bits per heavy atom. The molecule has 0 amide bonds. The van der Waals surface area contributed by atoms with E-state index in [1.807, 2.05) is 42.5 Å². The van der Waals surface area contributed by atoms with Crippen molar-refractivity contribution in [1.82, 2.24) is 5.32 Å². The average molecular weight is 841 g/mol. The fourth-order valence-electron chi connectivity index (χ4n) is 9.78. The van der Waals surface area contributed by atoms with Crippen LogP contribution in [0.25, 0.3) is 88.7 Å². The Morgan fingerprint density at radius 2 is 0.924 bits per heavy atom. The minimum atomic E-state index is -0.397. The zero-order valence-electron chi connectivity index (χ0n) is 35.9. The lowest BCUT2D eigenvalue weighted by Gasteiger charge is -2.24. The second-order valence-electron chi connectivity index (χ2n) is 16.8. The quantitative estimate of drug-likeness (QED) is 0.166. The van der Waals surface area contributed by atoms with Gasteiger partial charge in [0.2, 0.25) is 0 Å². The third kappa shape index (κ3) is 6.88. The van der Waals surface area contributed by atoms with Crippen LogP contribution in [0.2, 0.25) is 0 Å². The Kier molecular flexibility index (Phi) is 9.59. The van der Waals surface area contributed by atoms with Crippen LogP contribution in [0.15, 0.2) is 241 Å². The summed E-state index contributed by atoms with van der Waals surface area (Å²) in [5.74, 6) is 1.43. The summed E-state index contributed by atoms with van der Waals surface area (Å²) < 4.78 is 0. The molecule has 0 saturated heterocycles. The minimum absolute atomic E-state index is 0.397. The third-order valence-electron chi connectivity index (χ3n) is 12.9. The highest BCUT2D eigenvalue weighted by molar-refractivity contribution is 6.19. The van der Waals surface area contributed by atoms with Gasteiger partial charge in [0, 0.05) is 16.7 Å². The van der Waals surface area contributed by atoms with Gasteiger partial charge in [-0.15, -0.1) is 0 Å². The van der Waals surface area contributed by atoms with Crippen LogP contribution in [-0.2, 0) is 0 Å². The van der Waals surface area contributed by atoms with Gasteiger partial charge in [-0.25, -0.2) is 9.98 Å². The van der Waals surface area contributed by atoms with Gasteiger partial charge in [0.25, 0.3) is 0 Å². The maximum absolute atomic E-state index is 10.8. The van der Waals surface area contributed by atoms with Gasteiger partial charge < -0.3 is 5.32 Å². The lowest BCUT2D eigenvalue weighted by Crippen LogP contribution is -2.33. The first-order valence-electron chi connectivity index (χ1n) is 22.3. The molecule has 0 bridgehead atoms. The monoisotopic (exact) mass is 840 g/mol. The van der Waals surface area contributed by atoms with Crippen LogP contribution in [-0.4, -0.2) is 11.7 Å². The molecule has 10 aromatic rings. The predicted molar refractivity (Wildman–Crippen MR) is 272 cm³/mol. The smallest absolute Gasteiger partial charge is 0.159 e. The van der Waals surface area contributed by atoms with E-state index in [2.05, 4.69) is 199 Å². The SMILES string of the molecule is N#Cc1cc(-c2cccc(C3N=C(c4ccccc4)N=C(c4cccc(-c5ccccc5)c4)N3)c2)ccc1-c1ccccc1-c1cccc(-c2ccc3cccc4c3c2-c2ccccc2-4)c1. The molecule has 66 heavy (non-hydrogen) atoms. The molecule has 0 aromatic heterocycles. The van der Waals surface area contributed by atoms with E-state index in [1.54, 1.807) is 0 Å². The summed E-state index contributed by atoms with van der Waals surface area (Å²) in [6.07, 6.45) is -0.397.